The van der Waals surface area contributed by atoms with Gasteiger partial charge in [0.2, 0.25) is 0 Å². The fraction of sp³-hybridized carbons (Fsp3) is 0.350. The van der Waals surface area contributed by atoms with Gasteiger partial charge in [0.1, 0.15) is 11.5 Å². The van der Waals surface area contributed by atoms with Crippen LogP contribution >= 0.6 is 0 Å². The average Bonchev–Trinajstić information content (AvgIpc) is 2.65. The van der Waals surface area contributed by atoms with Gasteiger partial charge in [-0.15, -0.1) is 0 Å². The van der Waals surface area contributed by atoms with Gasteiger partial charge >= 0.3 is 0 Å². The molecule has 0 saturated carbocycles. The zero-order valence-corrected chi connectivity index (χ0v) is 14.5. The second kappa shape index (κ2) is 8.96. The average molecular weight is 327 g/mol. The highest BCUT2D eigenvalue weighted by Crippen LogP contribution is 2.20. The monoisotopic (exact) mass is 327 g/mol. The molecule has 2 aromatic rings. The van der Waals surface area contributed by atoms with Crippen LogP contribution in [-0.2, 0) is 4.79 Å². The smallest absolute Gasteiger partial charge is 0.261 e. The van der Waals surface area contributed by atoms with E-state index in [1.807, 2.05) is 61.5 Å². The van der Waals surface area contributed by atoms with E-state index >= 15 is 0 Å². The number of benzene rings is 2. The predicted molar refractivity (Wildman–Crippen MR) is 95.3 cm³/mol. The Morgan fingerprint density at radius 2 is 1.58 bits per heavy atom. The maximum absolute atomic E-state index is 12.6. The van der Waals surface area contributed by atoms with E-state index < -0.39 is 6.10 Å². The zero-order valence-electron chi connectivity index (χ0n) is 14.5. The van der Waals surface area contributed by atoms with Crippen molar-refractivity contribution in [3.63, 3.8) is 0 Å². The van der Waals surface area contributed by atoms with Gasteiger partial charge in [0.15, 0.2) is 6.10 Å². The minimum atomic E-state index is -0.517. The Hall–Kier alpha value is -2.49. The van der Waals surface area contributed by atoms with Crippen molar-refractivity contribution in [3.05, 3.63) is 60.2 Å². The van der Waals surface area contributed by atoms with Crippen LogP contribution in [0.4, 0.5) is 0 Å². The van der Waals surface area contributed by atoms with Gasteiger partial charge in [0, 0.05) is 0 Å². The molecule has 2 rings (SSSR count). The van der Waals surface area contributed by atoms with E-state index in [4.69, 9.17) is 9.47 Å². The van der Waals surface area contributed by atoms with Crippen molar-refractivity contribution < 1.29 is 14.3 Å². The molecule has 0 aliphatic carbocycles. The normalized spacial score (nSPS) is 13.0. The Morgan fingerprint density at radius 1 is 0.958 bits per heavy atom. The van der Waals surface area contributed by atoms with Crippen LogP contribution < -0.4 is 14.8 Å². The third-order valence-electron chi connectivity index (χ3n) is 3.93. The Morgan fingerprint density at radius 3 is 2.12 bits per heavy atom. The summed E-state index contributed by atoms with van der Waals surface area (Å²) >= 11 is 0. The maximum Gasteiger partial charge on any atom is 0.261 e. The summed E-state index contributed by atoms with van der Waals surface area (Å²) in [4.78, 5) is 12.6. The number of hydrogen-bond acceptors (Lipinski definition) is 3. The molecule has 0 aliphatic rings. The molecule has 0 saturated heterocycles. The van der Waals surface area contributed by atoms with Crippen LogP contribution in [0.3, 0.4) is 0 Å². The van der Waals surface area contributed by atoms with Crippen molar-refractivity contribution in [1.29, 1.82) is 0 Å². The standard InChI is InChI=1S/C20H25NO3/c1-4-18(15-9-7-6-8-10-15)21-20(22)19(5-2)24-17-13-11-16(23-3)12-14-17/h6-14,18-19H,4-5H2,1-3H3,(H,21,22)/t18-,19+/m1/s1. The van der Waals surface area contributed by atoms with Crippen molar-refractivity contribution >= 4 is 5.91 Å². The summed E-state index contributed by atoms with van der Waals surface area (Å²) in [7, 11) is 1.62. The molecule has 128 valence electrons. The fourth-order valence-corrected chi connectivity index (χ4v) is 2.51. The zero-order chi connectivity index (χ0) is 17.4. The van der Waals surface area contributed by atoms with Crippen molar-refractivity contribution in [2.24, 2.45) is 0 Å². The van der Waals surface area contributed by atoms with Crippen LogP contribution in [0.1, 0.15) is 38.3 Å². The number of ether oxygens (including phenoxy) is 2. The summed E-state index contributed by atoms with van der Waals surface area (Å²) in [6, 6.07) is 17.2. The Balaban J connectivity index is 2.01. The highest BCUT2D eigenvalue weighted by atomic mass is 16.5. The van der Waals surface area contributed by atoms with Crippen LogP contribution in [0.25, 0.3) is 0 Å². The Labute approximate surface area is 143 Å². The van der Waals surface area contributed by atoms with Gasteiger partial charge in [-0.3, -0.25) is 4.79 Å². The highest BCUT2D eigenvalue weighted by molar-refractivity contribution is 5.81. The Kier molecular flexibility index (Phi) is 6.67. The molecule has 4 heteroatoms. The summed E-state index contributed by atoms with van der Waals surface area (Å²) in [5.74, 6) is 1.32. The van der Waals surface area contributed by atoms with E-state index in [-0.39, 0.29) is 11.9 Å². The predicted octanol–water partition coefficient (Wildman–Crippen LogP) is 4.12. The molecule has 1 amide bonds. The number of nitrogens with one attached hydrogen (secondary N) is 1. The number of carbonyl (C=O) groups is 1. The number of rotatable bonds is 8. The molecular formula is C20H25NO3. The molecule has 0 unspecified atom stereocenters. The van der Waals surface area contributed by atoms with Gasteiger partial charge in [0.25, 0.3) is 5.91 Å². The molecule has 0 radical (unpaired) electrons. The van der Waals surface area contributed by atoms with Crippen LogP contribution in [-0.4, -0.2) is 19.1 Å². The first-order valence-electron chi connectivity index (χ1n) is 8.34. The molecule has 2 atom stereocenters. The Bertz CT molecular complexity index is 625. The molecule has 0 fully saturated rings. The van der Waals surface area contributed by atoms with Crippen molar-refractivity contribution in [2.75, 3.05) is 7.11 Å². The molecule has 0 heterocycles. The van der Waals surface area contributed by atoms with Crippen LogP contribution in [0.2, 0.25) is 0 Å². The highest BCUT2D eigenvalue weighted by Gasteiger charge is 2.21. The van der Waals surface area contributed by atoms with Crippen LogP contribution in [0.15, 0.2) is 54.6 Å². The number of hydrogen-bond donors (Lipinski definition) is 1. The molecule has 2 aromatic carbocycles. The van der Waals surface area contributed by atoms with Crippen molar-refractivity contribution in [2.45, 2.75) is 38.8 Å². The third-order valence-corrected chi connectivity index (χ3v) is 3.93. The van der Waals surface area contributed by atoms with Crippen molar-refractivity contribution in [3.8, 4) is 11.5 Å². The van der Waals surface area contributed by atoms with E-state index in [9.17, 15) is 4.79 Å². The molecule has 0 spiro atoms. The van der Waals surface area contributed by atoms with Gasteiger partial charge in [0.05, 0.1) is 13.2 Å². The molecular weight excluding hydrogens is 302 g/mol. The summed E-state index contributed by atoms with van der Waals surface area (Å²) in [6.07, 6.45) is 0.911. The van der Waals surface area contributed by atoms with Gasteiger partial charge in [-0.05, 0) is 42.7 Å². The lowest BCUT2D eigenvalue weighted by molar-refractivity contribution is -0.128. The van der Waals surface area contributed by atoms with E-state index in [1.165, 1.54) is 0 Å². The summed E-state index contributed by atoms with van der Waals surface area (Å²) in [6.45, 7) is 4.00. The van der Waals surface area contributed by atoms with Crippen LogP contribution in [0, 0.1) is 0 Å². The molecule has 4 nitrogen and oxygen atoms in total. The van der Waals surface area contributed by atoms with Crippen LogP contribution in [0.5, 0.6) is 11.5 Å². The van der Waals surface area contributed by atoms with Gasteiger partial charge in [-0.1, -0.05) is 44.2 Å². The fourth-order valence-electron chi connectivity index (χ4n) is 2.51. The molecule has 0 aromatic heterocycles. The first-order chi connectivity index (χ1) is 11.7. The van der Waals surface area contributed by atoms with E-state index in [2.05, 4.69) is 12.2 Å². The summed E-state index contributed by atoms with van der Waals surface area (Å²) < 4.78 is 11.0. The quantitative estimate of drug-likeness (QED) is 0.793. The van der Waals surface area contributed by atoms with E-state index in [1.54, 1.807) is 7.11 Å². The molecule has 0 aliphatic heterocycles. The van der Waals surface area contributed by atoms with Gasteiger partial charge in [-0.2, -0.15) is 0 Å². The second-order valence-electron chi connectivity index (χ2n) is 5.57. The first kappa shape index (κ1) is 17.9. The number of amides is 1. The number of methoxy groups -OCH3 is 1. The van der Waals surface area contributed by atoms with Gasteiger partial charge < -0.3 is 14.8 Å². The lowest BCUT2D eigenvalue weighted by atomic mass is 10.0. The summed E-state index contributed by atoms with van der Waals surface area (Å²) in [5.41, 5.74) is 1.10. The first-order valence-corrected chi connectivity index (χ1v) is 8.34. The molecule has 0 bridgehead atoms. The van der Waals surface area contributed by atoms with E-state index in [0.717, 1.165) is 17.7 Å². The minimum Gasteiger partial charge on any atom is -0.497 e. The largest absolute Gasteiger partial charge is 0.497 e. The second-order valence-corrected chi connectivity index (χ2v) is 5.57. The SMILES string of the molecule is CC[C@H](Oc1ccc(OC)cc1)C(=O)N[C@H](CC)c1ccccc1. The lowest BCUT2D eigenvalue weighted by Gasteiger charge is -2.22. The third kappa shape index (κ3) is 4.75. The lowest BCUT2D eigenvalue weighted by Crippen LogP contribution is -2.39. The maximum atomic E-state index is 12.6. The number of carbonyl (C=O) groups excluding carboxylic acids is 1. The van der Waals surface area contributed by atoms with Crippen molar-refractivity contribution in [1.82, 2.24) is 5.32 Å². The molecule has 1 N–H and O–H groups in total. The van der Waals surface area contributed by atoms with E-state index in [0.29, 0.717) is 12.2 Å². The topological polar surface area (TPSA) is 47.6 Å². The minimum absolute atomic E-state index is 0.00721. The van der Waals surface area contributed by atoms with Gasteiger partial charge in [-0.25, -0.2) is 0 Å². The molecule has 24 heavy (non-hydrogen) atoms. The summed E-state index contributed by atoms with van der Waals surface area (Å²) in [5, 5.41) is 3.09.